The van der Waals surface area contributed by atoms with E-state index in [0.717, 1.165) is 12.2 Å². The van der Waals surface area contributed by atoms with E-state index in [1.54, 1.807) is 31.4 Å². The minimum Gasteiger partial charge on any atom is -0.497 e. The summed E-state index contributed by atoms with van der Waals surface area (Å²) in [5, 5.41) is 0. The number of hydrogen-bond acceptors (Lipinski definition) is 4. The zero-order valence-corrected chi connectivity index (χ0v) is 9.14. The van der Waals surface area contributed by atoms with Crippen molar-refractivity contribution in [3.63, 3.8) is 0 Å². The Balaban J connectivity index is 1.94. The van der Waals surface area contributed by atoms with Crippen molar-refractivity contribution < 1.29 is 19.0 Å². The van der Waals surface area contributed by atoms with Crippen molar-refractivity contribution in [3.05, 3.63) is 24.3 Å². The molecule has 4 heteroatoms. The van der Waals surface area contributed by atoms with Gasteiger partial charge in [-0.05, 0) is 30.7 Å². The summed E-state index contributed by atoms with van der Waals surface area (Å²) in [6, 6.07) is 6.95. The van der Waals surface area contributed by atoms with E-state index in [0.29, 0.717) is 19.0 Å². The van der Waals surface area contributed by atoms with E-state index in [2.05, 4.69) is 0 Å². The maximum absolute atomic E-state index is 11.6. The molecule has 0 spiro atoms. The van der Waals surface area contributed by atoms with Gasteiger partial charge in [0.1, 0.15) is 11.5 Å². The Bertz CT molecular complexity index is 352. The lowest BCUT2D eigenvalue weighted by Crippen LogP contribution is -2.20. The van der Waals surface area contributed by atoms with Gasteiger partial charge in [0, 0.05) is 6.61 Å². The van der Waals surface area contributed by atoms with Gasteiger partial charge in [-0.15, -0.1) is 0 Å². The van der Waals surface area contributed by atoms with Crippen LogP contribution in [0.3, 0.4) is 0 Å². The average Bonchev–Trinajstić information content (AvgIpc) is 2.83. The number of benzene rings is 1. The summed E-state index contributed by atoms with van der Waals surface area (Å²) in [6.45, 7) is 1.11. The predicted molar refractivity (Wildman–Crippen MR) is 57.6 cm³/mol. The molecule has 4 nitrogen and oxygen atoms in total. The summed E-state index contributed by atoms with van der Waals surface area (Å²) in [6.07, 6.45) is 0.745. The Morgan fingerprint density at radius 2 is 2.00 bits per heavy atom. The van der Waals surface area contributed by atoms with Gasteiger partial charge in [-0.3, -0.25) is 4.79 Å². The highest BCUT2D eigenvalue weighted by Crippen LogP contribution is 2.20. The van der Waals surface area contributed by atoms with E-state index in [1.807, 2.05) is 0 Å². The number of ether oxygens (including phenoxy) is 3. The zero-order chi connectivity index (χ0) is 11.4. The van der Waals surface area contributed by atoms with Crippen molar-refractivity contribution in [2.75, 3.05) is 20.3 Å². The lowest BCUT2D eigenvalue weighted by molar-refractivity contribution is -0.138. The summed E-state index contributed by atoms with van der Waals surface area (Å²) in [5.74, 6) is 0.937. The fourth-order valence-corrected chi connectivity index (χ4v) is 1.56. The van der Waals surface area contributed by atoms with E-state index in [9.17, 15) is 4.79 Å². The molecule has 1 aromatic rings. The topological polar surface area (TPSA) is 44.8 Å². The van der Waals surface area contributed by atoms with E-state index < -0.39 is 0 Å². The maximum atomic E-state index is 11.6. The van der Waals surface area contributed by atoms with Crippen molar-refractivity contribution >= 4 is 5.97 Å². The van der Waals surface area contributed by atoms with Gasteiger partial charge in [0.2, 0.25) is 0 Å². The molecule has 1 aliphatic rings. The monoisotopic (exact) mass is 222 g/mol. The highest BCUT2D eigenvalue weighted by atomic mass is 16.5. The van der Waals surface area contributed by atoms with Crippen molar-refractivity contribution in [1.29, 1.82) is 0 Å². The van der Waals surface area contributed by atoms with Gasteiger partial charge < -0.3 is 14.2 Å². The van der Waals surface area contributed by atoms with E-state index in [1.165, 1.54) is 0 Å². The molecule has 1 aromatic carbocycles. The molecular weight excluding hydrogens is 208 g/mol. The highest BCUT2D eigenvalue weighted by Gasteiger charge is 2.25. The summed E-state index contributed by atoms with van der Waals surface area (Å²) in [4.78, 5) is 11.6. The summed E-state index contributed by atoms with van der Waals surface area (Å²) in [5.41, 5.74) is 0. The van der Waals surface area contributed by atoms with Crippen LogP contribution in [0.25, 0.3) is 0 Å². The van der Waals surface area contributed by atoms with E-state index in [4.69, 9.17) is 14.2 Å². The molecule has 1 fully saturated rings. The molecule has 0 radical (unpaired) electrons. The minimum atomic E-state index is -0.220. The van der Waals surface area contributed by atoms with Gasteiger partial charge >= 0.3 is 5.97 Å². The van der Waals surface area contributed by atoms with Crippen molar-refractivity contribution in [1.82, 2.24) is 0 Å². The fourth-order valence-electron chi connectivity index (χ4n) is 1.56. The third-order valence-electron chi connectivity index (χ3n) is 2.54. The standard InChI is InChI=1S/C12H14O4/c1-14-10-2-4-11(5-3-10)16-12(13)9-6-7-15-8-9/h2-5,9H,6-8H2,1H3. The average molecular weight is 222 g/mol. The molecule has 0 bridgehead atoms. The van der Waals surface area contributed by atoms with Gasteiger partial charge in [0.25, 0.3) is 0 Å². The van der Waals surface area contributed by atoms with Crippen LogP contribution >= 0.6 is 0 Å². The maximum Gasteiger partial charge on any atom is 0.316 e. The van der Waals surface area contributed by atoms with Gasteiger partial charge in [-0.1, -0.05) is 0 Å². The second kappa shape index (κ2) is 4.99. The lowest BCUT2D eigenvalue weighted by atomic mass is 10.1. The second-order valence-electron chi connectivity index (χ2n) is 3.66. The Hall–Kier alpha value is -1.55. The predicted octanol–water partition coefficient (Wildman–Crippen LogP) is 1.64. The molecule has 2 rings (SSSR count). The molecule has 0 saturated carbocycles. The minimum absolute atomic E-state index is 0.123. The van der Waals surface area contributed by atoms with Crippen molar-refractivity contribution in [2.24, 2.45) is 5.92 Å². The summed E-state index contributed by atoms with van der Waals surface area (Å²) < 4.78 is 15.4. The fraction of sp³-hybridized carbons (Fsp3) is 0.417. The number of rotatable bonds is 3. The van der Waals surface area contributed by atoms with Crippen molar-refractivity contribution in [2.45, 2.75) is 6.42 Å². The number of hydrogen-bond donors (Lipinski definition) is 0. The third-order valence-corrected chi connectivity index (χ3v) is 2.54. The Morgan fingerprint density at radius 1 is 1.31 bits per heavy atom. The number of carbonyl (C=O) groups is 1. The number of methoxy groups -OCH3 is 1. The van der Waals surface area contributed by atoms with Crippen LogP contribution in [0.1, 0.15) is 6.42 Å². The van der Waals surface area contributed by atoms with Gasteiger partial charge in [-0.2, -0.15) is 0 Å². The van der Waals surface area contributed by atoms with E-state index in [-0.39, 0.29) is 11.9 Å². The smallest absolute Gasteiger partial charge is 0.316 e. The molecule has 1 heterocycles. The Kier molecular flexibility index (Phi) is 3.41. The molecule has 16 heavy (non-hydrogen) atoms. The molecule has 1 unspecified atom stereocenters. The Labute approximate surface area is 94.1 Å². The zero-order valence-electron chi connectivity index (χ0n) is 9.14. The first-order valence-electron chi connectivity index (χ1n) is 5.23. The molecule has 0 aromatic heterocycles. The molecule has 1 aliphatic heterocycles. The van der Waals surface area contributed by atoms with Gasteiger partial charge in [0.15, 0.2) is 0 Å². The van der Waals surface area contributed by atoms with Crippen LogP contribution in [0.5, 0.6) is 11.5 Å². The highest BCUT2D eigenvalue weighted by molar-refractivity contribution is 5.75. The number of esters is 1. The van der Waals surface area contributed by atoms with Crippen LogP contribution in [-0.2, 0) is 9.53 Å². The van der Waals surface area contributed by atoms with Crippen LogP contribution < -0.4 is 9.47 Å². The first-order valence-corrected chi connectivity index (χ1v) is 5.23. The first kappa shape index (κ1) is 11.0. The SMILES string of the molecule is COc1ccc(OC(=O)C2CCOC2)cc1. The van der Waals surface area contributed by atoms with Gasteiger partial charge in [-0.25, -0.2) is 0 Å². The molecule has 0 N–H and O–H groups in total. The van der Waals surface area contributed by atoms with E-state index >= 15 is 0 Å². The number of carbonyl (C=O) groups excluding carboxylic acids is 1. The van der Waals surface area contributed by atoms with Crippen LogP contribution in [-0.4, -0.2) is 26.3 Å². The molecular formula is C12H14O4. The van der Waals surface area contributed by atoms with Crippen LogP contribution in [0.4, 0.5) is 0 Å². The lowest BCUT2D eigenvalue weighted by Gasteiger charge is -2.08. The first-order chi connectivity index (χ1) is 7.79. The van der Waals surface area contributed by atoms with Crippen LogP contribution in [0, 0.1) is 5.92 Å². The van der Waals surface area contributed by atoms with Gasteiger partial charge in [0.05, 0.1) is 19.6 Å². The molecule has 86 valence electrons. The normalized spacial score (nSPS) is 19.4. The quantitative estimate of drug-likeness (QED) is 0.576. The molecule has 1 saturated heterocycles. The van der Waals surface area contributed by atoms with Crippen LogP contribution in [0.2, 0.25) is 0 Å². The summed E-state index contributed by atoms with van der Waals surface area (Å²) >= 11 is 0. The Morgan fingerprint density at radius 3 is 2.56 bits per heavy atom. The third kappa shape index (κ3) is 2.52. The second-order valence-corrected chi connectivity index (χ2v) is 3.66. The van der Waals surface area contributed by atoms with Crippen molar-refractivity contribution in [3.8, 4) is 11.5 Å². The summed E-state index contributed by atoms with van der Waals surface area (Å²) in [7, 11) is 1.59. The van der Waals surface area contributed by atoms with Crippen LogP contribution in [0.15, 0.2) is 24.3 Å². The largest absolute Gasteiger partial charge is 0.497 e. The molecule has 1 atom stereocenters. The molecule has 0 aliphatic carbocycles. The molecule has 0 amide bonds.